The predicted octanol–water partition coefficient (Wildman–Crippen LogP) is 3.26. The van der Waals surface area contributed by atoms with Crippen molar-refractivity contribution in [2.75, 3.05) is 30.0 Å². The van der Waals surface area contributed by atoms with Gasteiger partial charge in [0.15, 0.2) is 0 Å². The fourth-order valence-corrected chi connectivity index (χ4v) is 2.69. The molecule has 2 rings (SSSR count). The third kappa shape index (κ3) is 4.42. The summed E-state index contributed by atoms with van der Waals surface area (Å²) in [6, 6.07) is 6.60. The largest absolute Gasteiger partial charge is 0.495 e. The number of sulfonamides is 1. The third-order valence-corrected chi connectivity index (χ3v) is 4.73. The third-order valence-electron chi connectivity index (χ3n) is 3.16. The van der Waals surface area contributed by atoms with E-state index in [1.54, 1.807) is 31.2 Å². The zero-order valence-corrected chi connectivity index (χ0v) is 15.0. The number of hydrogen-bond acceptors (Lipinski definition) is 6. The molecule has 9 heteroatoms. The number of halogens is 1. The summed E-state index contributed by atoms with van der Waals surface area (Å²) < 4.78 is 35.9. The Balaban J connectivity index is 2.22. The average molecular weight is 372 g/mol. The van der Waals surface area contributed by atoms with Gasteiger partial charge in [-0.25, -0.2) is 13.4 Å². The van der Waals surface area contributed by atoms with Crippen molar-refractivity contribution in [3.05, 3.63) is 35.5 Å². The first-order chi connectivity index (χ1) is 11.4. The normalized spacial score (nSPS) is 11.0. The van der Waals surface area contributed by atoms with Gasteiger partial charge in [0.05, 0.1) is 42.6 Å². The van der Waals surface area contributed by atoms with E-state index >= 15 is 0 Å². The lowest BCUT2D eigenvalue weighted by Crippen LogP contribution is -2.15. The number of rotatable bonds is 7. The number of hydrogen-bond donors (Lipinski definition) is 2. The maximum atomic E-state index is 11.5. The van der Waals surface area contributed by atoms with Crippen LogP contribution in [0.15, 0.2) is 30.5 Å². The molecule has 0 amide bonds. The Morgan fingerprint density at radius 2 is 1.88 bits per heavy atom. The van der Waals surface area contributed by atoms with Crippen LogP contribution >= 0.6 is 11.6 Å². The fraction of sp³-hybridized carbons (Fsp3) is 0.267. The lowest BCUT2D eigenvalue weighted by molar-refractivity contribution is 0.405. The van der Waals surface area contributed by atoms with Crippen molar-refractivity contribution >= 4 is 38.8 Å². The maximum absolute atomic E-state index is 11.5. The molecular weight excluding hydrogens is 354 g/mol. The average Bonchev–Trinajstić information content (AvgIpc) is 2.57. The second-order valence-corrected chi connectivity index (χ2v) is 7.17. The molecule has 0 saturated heterocycles. The molecule has 1 aromatic heterocycles. The first-order valence-electron chi connectivity index (χ1n) is 7.03. The molecule has 0 saturated carbocycles. The number of ether oxygens (including phenoxy) is 2. The summed E-state index contributed by atoms with van der Waals surface area (Å²) in [6.07, 6.45) is 1.51. The van der Waals surface area contributed by atoms with Crippen LogP contribution in [0.3, 0.4) is 0 Å². The second kappa shape index (κ2) is 7.59. The highest BCUT2D eigenvalue weighted by Crippen LogP contribution is 2.37. The van der Waals surface area contributed by atoms with Gasteiger partial charge in [-0.2, -0.15) is 0 Å². The Kier molecular flexibility index (Phi) is 5.74. The van der Waals surface area contributed by atoms with Crippen LogP contribution in [0.4, 0.5) is 17.2 Å². The highest BCUT2D eigenvalue weighted by atomic mass is 35.5. The van der Waals surface area contributed by atoms with Gasteiger partial charge in [0.25, 0.3) is 0 Å². The van der Waals surface area contributed by atoms with Crippen molar-refractivity contribution in [2.45, 2.75) is 6.92 Å². The van der Waals surface area contributed by atoms with Crippen LogP contribution in [0.5, 0.6) is 11.5 Å². The molecule has 0 aliphatic heterocycles. The van der Waals surface area contributed by atoms with Crippen LogP contribution in [0.1, 0.15) is 6.92 Å². The van der Waals surface area contributed by atoms with Gasteiger partial charge in [-0.05, 0) is 19.1 Å². The topological polar surface area (TPSA) is 89.6 Å². The van der Waals surface area contributed by atoms with E-state index in [0.29, 0.717) is 27.9 Å². The minimum atomic E-state index is -3.35. The van der Waals surface area contributed by atoms with Crippen LogP contribution in [-0.2, 0) is 10.0 Å². The van der Waals surface area contributed by atoms with Gasteiger partial charge in [-0.3, -0.25) is 4.72 Å². The molecule has 0 fully saturated rings. The zero-order valence-electron chi connectivity index (χ0n) is 13.5. The molecular formula is C15H18ClN3O4S. The van der Waals surface area contributed by atoms with Gasteiger partial charge in [0, 0.05) is 12.1 Å². The number of anilines is 3. The van der Waals surface area contributed by atoms with E-state index in [1.807, 2.05) is 0 Å². The van der Waals surface area contributed by atoms with Gasteiger partial charge >= 0.3 is 0 Å². The highest BCUT2D eigenvalue weighted by molar-refractivity contribution is 7.92. The zero-order chi connectivity index (χ0) is 17.7. The summed E-state index contributed by atoms with van der Waals surface area (Å²) in [5.74, 6) is 1.27. The molecule has 1 heterocycles. The molecule has 0 aliphatic carbocycles. The Morgan fingerprint density at radius 3 is 2.42 bits per heavy atom. The van der Waals surface area contributed by atoms with Crippen LogP contribution in [0.25, 0.3) is 0 Å². The molecule has 2 aromatic rings. The number of benzene rings is 1. The standard InChI is InChI=1S/C15H18ClN3O4S/c1-4-24(20,21)19-15-6-5-10(9-17-15)18-12-8-13(22-2)11(16)7-14(12)23-3/h5-9,18H,4H2,1-3H3,(H,17,19). The molecule has 0 radical (unpaired) electrons. The summed E-state index contributed by atoms with van der Waals surface area (Å²) in [5.41, 5.74) is 1.29. The molecule has 0 spiro atoms. The SMILES string of the molecule is CCS(=O)(=O)Nc1ccc(Nc2cc(OC)c(Cl)cc2OC)cn1. The van der Waals surface area contributed by atoms with E-state index < -0.39 is 10.0 Å². The molecule has 7 nitrogen and oxygen atoms in total. The van der Waals surface area contributed by atoms with E-state index in [4.69, 9.17) is 21.1 Å². The Hall–Kier alpha value is -2.19. The molecule has 1 aromatic carbocycles. The first-order valence-corrected chi connectivity index (χ1v) is 9.06. The minimum absolute atomic E-state index is 0.0174. The van der Waals surface area contributed by atoms with Crippen molar-refractivity contribution in [1.82, 2.24) is 4.98 Å². The number of pyridine rings is 1. The predicted molar refractivity (Wildman–Crippen MR) is 95.2 cm³/mol. The van der Waals surface area contributed by atoms with Gasteiger partial charge in [-0.1, -0.05) is 11.6 Å². The Morgan fingerprint density at radius 1 is 1.17 bits per heavy atom. The quantitative estimate of drug-likeness (QED) is 0.776. The van der Waals surface area contributed by atoms with E-state index in [1.165, 1.54) is 20.4 Å². The Labute approximate surface area is 146 Å². The molecule has 0 bridgehead atoms. The Bertz CT molecular complexity index is 810. The number of methoxy groups -OCH3 is 2. The van der Waals surface area contributed by atoms with E-state index in [-0.39, 0.29) is 11.6 Å². The van der Waals surface area contributed by atoms with E-state index in [9.17, 15) is 8.42 Å². The summed E-state index contributed by atoms with van der Waals surface area (Å²) >= 11 is 6.07. The summed E-state index contributed by atoms with van der Waals surface area (Å²) in [5, 5.41) is 3.56. The van der Waals surface area contributed by atoms with E-state index in [2.05, 4.69) is 15.0 Å². The maximum Gasteiger partial charge on any atom is 0.233 e. The van der Waals surface area contributed by atoms with Crippen molar-refractivity contribution < 1.29 is 17.9 Å². The monoisotopic (exact) mass is 371 g/mol. The number of nitrogens with one attached hydrogen (secondary N) is 2. The van der Waals surface area contributed by atoms with Crippen molar-refractivity contribution in [2.24, 2.45) is 0 Å². The summed E-state index contributed by atoms with van der Waals surface area (Å²) in [7, 11) is -0.299. The smallest absolute Gasteiger partial charge is 0.233 e. The fourth-order valence-electron chi connectivity index (χ4n) is 1.87. The molecule has 24 heavy (non-hydrogen) atoms. The van der Waals surface area contributed by atoms with Gasteiger partial charge in [-0.15, -0.1) is 0 Å². The second-order valence-electron chi connectivity index (χ2n) is 4.75. The number of aromatic nitrogens is 1. The molecule has 130 valence electrons. The molecule has 0 atom stereocenters. The van der Waals surface area contributed by atoms with Gasteiger partial charge in [0.2, 0.25) is 10.0 Å². The summed E-state index contributed by atoms with van der Waals surface area (Å²) in [6.45, 7) is 1.55. The van der Waals surface area contributed by atoms with Crippen LogP contribution in [-0.4, -0.2) is 33.4 Å². The van der Waals surface area contributed by atoms with E-state index in [0.717, 1.165) is 0 Å². The lowest BCUT2D eigenvalue weighted by atomic mass is 10.2. The minimum Gasteiger partial charge on any atom is -0.495 e. The lowest BCUT2D eigenvalue weighted by Gasteiger charge is -2.14. The summed E-state index contributed by atoms with van der Waals surface area (Å²) in [4.78, 5) is 4.07. The van der Waals surface area contributed by atoms with Crippen LogP contribution < -0.4 is 19.5 Å². The number of nitrogens with zero attached hydrogens (tertiary/aromatic N) is 1. The van der Waals surface area contributed by atoms with Gasteiger partial charge in [0.1, 0.15) is 17.3 Å². The molecule has 2 N–H and O–H groups in total. The highest BCUT2D eigenvalue weighted by Gasteiger charge is 2.11. The first kappa shape index (κ1) is 18.2. The van der Waals surface area contributed by atoms with Crippen molar-refractivity contribution in [3.63, 3.8) is 0 Å². The molecule has 0 unspecified atom stereocenters. The van der Waals surface area contributed by atoms with Gasteiger partial charge < -0.3 is 14.8 Å². The van der Waals surface area contributed by atoms with Crippen molar-refractivity contribution in [3.8, 4) is 11.5 Å². The van der Waals surface area contributed by atoms with Crippen LogP contribution in [0.2, 0.25) is 5.02 Å². The van der Waals surface area contributed by atoms with Crippen LogP contribution in [0, 0.1) is 0 Å². The van der Waals surface area contributed by atoms with Crippen molar-refractivity contribution in [1.29, 1.82) is 0 Å². The molecule has 0 aliphatic rings.